The number of amides is 2. The molecule has 3 aromatic heterocycles. The standard InChI is InChI=1S/C22H26FN7O/c1-14-11-29-13-18(17(23)10-20(29)25-14)26-22(31)30-7-5-16-19(4-6-24-21(16)30)28-9-8-27(3)15(2)12-28/h4,6,10-11,13,15H,5,7-9,12H2,1-3H3,(H,26,31)/t15-/m0/s1. The summed E-state index contributed by atoms with van der Waals surface area (Å²) in [5.74, 6) is 0.139. The van der Waals surface area contributed by atoms with Crippen LogP contribution < -0.4 is 15.1 Å². The molecular formula is C22H26FN7O. The van der Waals surface area contributed by atoms with Crippen LogP contribution in [-0.4, -0.2) is 64.6 Å². The van der Waals surface area contributed by atoms with Gasteiger partial charge in [-0.3, -0.25) is 4.90 Å². The highest BCUT2D eigenvalue weighted by atomic mass is 19.1. The first kappa shape index (κ1) is 19.7. The minimum atomic E-state index is -0.515. The summed E-state index contributed by atoms with van der Waals surface area (Å²) in [6.07, 6.45) is 5.83. The van der Waals surface area contributed by atoms with Gasteiger partial charge >= 0.3 is 6.03 Å². The van der Waals surface area contributed by atoms with Crippen LogP contribution >= 0.6 is 0 Å². The third kappa shape index (κ3) is 3.48. The molecule has 8 nitrogen and oxygen atoms in total. The maximum atomic E-state index is 14.5. The molecular weight excluding hydrogens is 397 g/mol. The minimum absolute atomic E-state index is 0.118. The van der Waals surface area contributed by atoms with Gasteiger partial charge in [-0.15, -0.1) is 0 Å². The van der Waals surface area contributed by atoms with Crippen molar-refractivity contribution in [2.45, 2.75) is 26.3 Å². The molecule has 0 aliphatic carbocycles. The van der Waals surface area contributed by atoms with Gasteiger partial charge in [-0.05, 0) is 33.4 Å². The molecule has 5 rings (SSSR count). The SMILES string of the molecule is Cc1cn2cc(NC(=O)N3CCc4c(N5CCN(C)[C@@H](C)C5)ccnc43)c(F)cc2n1. The van der Waals surface area contributed by atoms with Crippen LogP contribution in [0, 0.1) is 12.7 Å². The molecule has 0 saturated carbocycles. The van der Waals surface area contributed by atoms with Crippen molar-refractivity contribution >= 4 is 28.9 Å². The summed E-state index contributed by atoms with van der Waals surface area (Å²) < 4.78 is 16.2. The molecule has 0 aromatic carbocycles. The highest BCUT2D eigenvalue weighted by Gasteiger charge is 2.31. The summed E-state index contributed by atoms with van der Waals surface area (Å²) in [4.78, 5) is 28.1. The third-order valence-electron chi connectivity index (χ3n) is 6.30. The molecule has 1 atom stereocenters. The van der Waals surface area contributed by atoms with E-state index in [1.807, 2.05) is 13.0 Å². The Morgan fingerprint density at radius 2 is 2.10 bits per heavy atom. The van der Waals surface area contributed by atoms with Gasteiger partial charge in [-0.2, -0.15) is 0 Å². The van der Waals surface area contributed by atoms with Gasteiger partial charge in [0.1, 0.15) is 11.5 Å². The number of fused-ring (bicyclic) bond motifs is 2. The Morgan fingerprint density at radius 3 is 2.90 bits per heavy atom. The summed E-state index contributed by atoms with van der Waals surface area (Å²) in [5.41, 5.74) is 3.63. The van der Waals surface area contributed by atoms with Crippen molar-refractivity contribution in [3.05, 3.63) is 47.8 Å². The zero-order valence-electron chi connectivity index (χ0n) is 18.0. The Hall–Kier alpha value is -3.20. The predicted octanol–water partition coefficient (Wildman–Crippen LogP) is 2.91. The number of rotatable bonds is 2. The first-order valence-electron chi connectivity index (χ1n) is 10.6. The summed E-state index contributed by atoms with van der Waals surface area (Å²) in [6, 6.07) is 3.44. The molecule has 0 unspecified atom stereocenters. The highest BCUT2D eigenvalue weighted by Crippen LogP contribution is 2.35. The molecule has 1 N–H and O–H groups in total. The number of aryl methyl sites for hydroxylation is 1. The monoisotopic (exact) mass is 423 g/mol. The average molecular weight is 423 g/mol. The molecule has 3 aromatic rings. The van der Waals surface area contributed by atoms with Crippen LogP contribution in [0.5, 0.6) is 0 Å². The number of urea groups is 1. The fourth-order valence-corrected chi connectivity index (χ4v) is 4.45. The normalized spacial score (nSPS) is 19.2. The van der Waals surface area contributed by atoms with Crippen LogP contribution in [-0.2, 0) is 6.42 Å². The number of hydrogen-bond donors (Lipinski definition) is 1. The van der Waals surface area contributed by atoms with E-state index in [-0.39, 0.29) is 11.7 Å². The van der Waals surface area contributed by atoms with E-state index >= 15 is 0 Å². The summed E-state index contributed by atoms with van der Waals surface area (Å²) in [5, 5.41) is 2.71. The van der Waals surface area contributed by atoms with Crippen molar-refractivity contribution in [1.29, 1.82) is 0 Å². The van der Waals surface area contributed by atoms with E-state index in [9.17, 15) is 9.18 Å². The summed E-state index contributed by atoms with van der Waals surface area (Å²) in [7, 11) is 2.15. The van der Waals surface area contributed by atoms with Crippen LogP contribution in [0.3, 0.4) is 0 Å². The Labute approximate surface area is 180 Å². The molecule has 0 radical (unpaired) electrons. The number of nitrogens with one attached hydrogen (secondary N) is 1. The smallest absolute Gasteiger partial charge is 0.327 e. The number of carbonyl (C=O) groups excluding carboxylic acids is 1. The molecule has 162 valence electrons. The molecule has 2 amide bonds. The van der Waals surface area contributed by atoms with E-state index in [1.54, 1.807) is 27.9 Å². The van der Waals surface area contributed by atoms with E-state index in [0.717, 1.165) is 43.0 Å². The predicted molar refractivity (Wildman–Crippen MR) is 118 cm³/mol. The molecule has 1 fully saturated rings. The van der Waals surface area contributed by atoms with Gasteiger partial charge < -0.3 is 19.5 Å². The molecule has 2 aliphatic rings. The number of nitrogens with zero attached hydrogens (tertiary/aromatic N) is 6. The van der Waals surface area contributed by atoms with E-state index in [2.05, 4.69) is 39.1 Å². The Bertz CT molecular complexity index is 1160. The molecule has 0 spiro atoms. The van der Waals surface area contributed by atoms with Crippen LogP contribution in [0.2, 0.25) is 0 Å². The van der Waals surface area contributed by atoms with Gasteiger partial charge in [0.25, 0.3) is 0 Å². The first-order chi connectivity index (χ1) is 14.9. The molecule has 31 heavy (non-hydrogen) atoms. The number of aromatic nitrogens is 3. The van der Waals surface area contributed by atoms with E-state index in [0.29, 0.717) is 24.1 Å². The fraction of sp³-hybridized carbons (Fsp3) is 0.409. The van der Waals surface area contributed by atoms with Crippen LogP contribution in [0.15, 0.2) is 30.7 Å². The average Bonchev–Trinajstić information content (AvgIpc) is 3.32. The molecule has 5 heterocycles. The van der Waals surface area contributed by atoms with Gasteiger partial charge in [0.2, 0.25) is 0 Å². The largest absolute Gasteiger partial charge is 0.368 e. The lowest BCUT2D eigenvalue weighted by molar-refractivity contribution is 0.234. The van der Waals surface area contributed by atoms with Crippen molar-refractivity contribution in [2.24, 2.45) is 0 Å². The Morgan fingerprint density at radius 1 is 1.26 bits per heavy atom. The van der Waals surface area contributed by atoms with Crippen LogP contribution in [0.25, 0.3) is 5.65 Å². The number of imidazole rings is 1. The van der Waals surface area contributed by atoms with Crippen molar-refractivity contribution in [3.8, 4) is 0 Å². The Balaban J connectivity index is 1.39. The minimum Gasteiger partial charge on any atom is -0.368 e. The molecule has 0 bridgehead atoms. The van der Waals surface area contributed by atoms with Crippen molar-refractivity contribution in [3.63, 3.8) is 0 Å². The van der Waals surface area contributed by atoms with Gasteiger partial charge in [-0.25, -0.2) is 19.2 Å². The maximum absolute atomic E-state index is 14.5. The van der Waals surface area contributed by atoms with Gasteiger partial charge in [-0.1, -0.05) is 0 Å². The second-order valence-corrected chi connectivity index (χ2v) is 8.42. The van der Waals surface area contributed by atoms with Crippen molar-refractivity contribution in [2.75, 3.05) is 48.3 Å². The van der Waals surface area contributed by atoms with Crippen LogP contribution in [0.1, 0.15) is 18.2 Å². The number of halogens is 1. The number of piperazine rings is 1. The lowest BCUT2D eigenvalue weighted by atomic mass is 10.1. The second-order valence-electron chi connectivity index (χ2n) is 8.42. The number of carbonyl (C=O) groups is 1. The van der Waals surface area contributed by atoms with E-state index in [1.165, 1.54) is 6.07 Å². The molecule has 1 saturated heterocycles. The second kappa shape index (κ2) is 7.49. The third-order valence-corrected chi connectivity index (χ3v) is 6.30. The van der Waals surface area contributed by atoms with E-state index in [4.69, 9.17) is 0 Å². The summed E-state index contributed by atoms with van der Waals surface area (Å²) >= 11 is 0. The summed E-state index contributed by atoms with van der Waals surface area (Å²) in [6.45, 7) is 7.46. The first-order valence-corrected chi connectivity index (χ1v) is 10.6. The Kier molecular flexibility index (Phi) is 4.77. The van der Waals surface area contributed by atoms with Crippen molar-refractivity contribution < 1.29 is 9.18 Å². The number of hydrogen-bond acceptors (Lipinski definition) is 5. The highest BCUT2D eigenvalue weighted by molar-refractivity contribution is 6.03. The van der Waals surface area contributed by atoms with Gasteiger partial charge in [0.15, 0.2) is 5.82 Å². The quantitative estimate of drug-likeness (QED) is 0.687. The topological polar surface area (TPSA) is 69.0 Å². The zero-order valence-corrected chi connectivity index (χ0v) is 18.0. The lowest BCUT2D eigenvalue weighted by Gasteiger charge is -2.39. The number of anilines is 3. The fourth-order valence-electron chi connectivity index (χ4n) is 4.45. The lowest BCUT2D eigenvalue weighted by Crippen LogP contribution is -2.50. The van der Waals surface area contributed by atoms with Gasteiger partial charge in [0.05, 0.1) is 11.4 Å². The zero-order chi connectivity index (χ0) is 21.7. The molecule has 2 aliphatic heterocycles. The number of pyridine rings is 2. The maximum Gasteiger partial charge on any atom is 0.327 e. The van der Waals surface area contributed by atoms with Gasteiger partial charge in [0, 0.05) is 68.1 Å². The van der Waals surface area contributed by atoms with Crippen LogP contribution in [0.4, 0.5) is 26.4 Å². The number of likely N-dealkylation sites (N-methyl/N-ethyl adjacent to an activating group) is 1. The van der Waals surface area contributed by atoms with Crippen molar-refractivity contribution in [1.82, 2.24) is 19.3 Å². The molecule has 9 heteroatoms. The van der Waals surface area contributed by atoms with E-state index < -0.39 is 5.82 Å².